The van der Waals surface area contributed by atoms with Gasteiger partial charge < -0.3 is 0 Å². The molecule has 1 aromatic carbocycles. The predicted molar refractivity (Wildman–Crippen MR) is 173 cm³/mol. The Labute approximate surface area is 247 Å². The number of rotatable bonds is 17. The van der Waals surface area contributed by atoms with Gasteiger partial charge in [-0.05, 0) is 86.2 Å². The molecule has 0 atom stereocenters. The molecule has 0 amide bonds. The zero-order chi connectivity index (χ0) is 27.8. The van der Waals surface area contributed by atoms with Crippen LogP contribution in [0.5, 0.6) is 0 Å². The summed E-state index contributed by atoms with van der Waals surface area (Å²) in [6.45, 7) is 4.61. The normalized spacial score (nSPS) is 23.4. The van der Waals surface area contributed by atoms with Crippen LogP contribution in [0, 0.1) is 11.8 Å². The highest BCUT2D eigenvalue weighted by Gasteiger charge is 2.24. The summed E-state index contributed by atoms with van der Waals surface area (Å²) >= 11 is 0. The van der Waals surface area contributed by atoms with Crippen LogP contribution in [-0.2, 0) is 0 Å². The first kappa shape index (κ1) is 31.2. The zero-order valence-electron chi connectivity index (χ0n) is 26.2. The summed E-state index contributed by atoms with van der Waals surface area (Å²) in [6.07, 6.45) is 35.3. The lowest BCUT2D eigenvalue weighted by atomic mass is 9.77. The van der Waals surface area contributed by atoms with Crippen LogP contribution < -0.4 is 0 Å². The second kappa shape index (κ2) is 18.0. The summed E-state index contributed by atoms with van der Waals surface area (Å²) in [5.74, 6) is 4.22. The van der Waals surface area contributed by atoms with E-state index in [-0.39, 0.29) is 0 Å². The van der Waals surface area contributed by atoms with Crippen LogP contribution in [-0.4, -0.2) is 9.97 Å². The maximum atomic E-state index is 4.82. The number of aromatic nitrogens is 2. The lowest BCUT2D eigenvalue weighted by Gasteiger charge is -2.29. The van der Waals surface area contributed by atoms with Crippen molar-refractivity contribution in [2.75, 3.05) is 0 Å². The monoisotopic (exact) mass is 544 g/mol. The van der Waals surface area contributed by atoms with E-state index in [1.54, 1.807) is 0 Å². The van der Waals surface area contributed by atoms with Gasteiger partial charge in [-0.15, -0.1) is 0 Å². The standard InChI is InChI=1S/C38H60N2/c1-3-5-7-9-10-11-12-14-16-32-19-23-35(24-20-32)37-29-39-38(40-30-37)36-27-25-34(26-28-36)33-21-17-31(18-22-33)15-13-8-6-4-2/h25-33,35H,3-24H2,1-2H3/t31-,32-,33-,35-. The first-order valence-corrected chi connectivity index (χ1v) is 17.7. The fraction of sp³-hybridized carbons (Fsp3) is 0.737. The molecule has 1 aromatic heterocycles. The largest absolute Gasteiger partial charge is 0.236 e. The van der Waals surface area contributed by atoms with E-state index in [9.17, 15) is 0 Å². The molecule has 2 aliphatic carbocycles. The van der Waals surface area contributed by atoms with Crippen LogP contribution in [0.15, 0.2) is 36.7 Å². The van der Waals surface area contributed by atoms with Crippen molar-refractivity contribution in [3.05, 3.63) is 47.8 Å². The zero-order valence-corrected chi connectivity index (χ0v) is 26.2. The first-order valence-electron chi connectivity index (χ1n) is 17.7. The highest BCUT2D eigenvalue weighted by atomic mass is 14.9. The van der Waals surface area contributed by atoms with Crippen LogP contribution in [0.3, 0.4) is 0 Å². The fourth-order valence-electron chi connectivity index (χ4n) is 7.60. The Kier molecular flexibility index (Phi) is 14.0. The molecular formula is C38H60N2. The van der Waals surface area contributed by atoms with Crippen molar-refractivity contribution < 1.29 is 0 Å². The summed E-state index contributed by atoms with van der Waals surface area (Å²) in [6, 6.07) is 9.23. The number of unbranched alkanes of at least 4 members (excludes halogenated alkanes) is 10. The third-order valence-electron chi connectivity index (χ3n) is 10.4. The smallest absolute Gasteiger partial charge is 0.159 e. The van der Waals surface area contributed by atoms with Crippen molar-refractivity contribution in [3.63, 3.8) is 0 Å². The van der Waals surface area contributed by atoms with Gasteiger partial charge in [0.2, 0.25) is 0 Å². The van der Waals surface area contributed by atoms with Gasteiger partial charge in [-0.2, -0.15) is 0 Å². The molecule has 0 saturated heterocycles. The van der Waals surface area contributed by atoms with E-state index >= 15 is 0 Å². The molecule has 2 aromatic rings. The highest BCUT2D eigenvalue weighted by Crippen LogP contribution is 2.39. The second-order valence-corrected chi connectivity index (χ2v) is 13.5. The molecule has 2 heteroatoms. The third-order valence-corrected chi connectivity index (χ3v) is 10.4. The van der Waals surface area contributed by atoms with Crippen molar-refractivity contribution in [3.8, 4) is 11.4 Å². The van der Waals surface area contributed by atoms with Gasteiger partial charge in [-0.3, -0.25) is 0 Å². The summed E-state index contributed by atoms with van der Waals surface area (Å²) in [5.41, 5.74) is 4.04. The van der Waals surface area contributed by atoms with Crippen molar-refractivity contribution in [2.24, 2.45) is 11.8 Å². The minimum absolute atomic E-state index is 0.660. The molecule has 0 spiro atoms. The molecule has 2 saturated carbocycles. The van der Waals surface area contributed by atoms with Crippen molar-refractivity contribution in [1.29, 1.82) is 0 Å². The molecule has 0 N–H and O–H groups in total. The Balaban J connectivity index is 1.14. The average Bonchev–Trinajstić information content (AvgIpc) is 3.01. The maximum Gasteiger partial charge on any atom is 0.159 e. The number of benzene rings is 1. The number of hydrogen-bond donors (Lipinski definition) is 0. The van der Waals surface area contributed by atoms with Gasteiger partial charge >= 0.3 is 0 Å². The predicted octanol–water partition coefficient (Wildman–Crippen LogP) is 12.2. The number of hydrogen-bond acceptors (Lipinski definition) is 2. The Morgan fingerprint density at radius 2 is 0.925 bits per heavy atom. The molecule has 2 fully saturated rings. The van der Waals surface area contributed by atoms with Gasteiger partial charge in [-0.1, -0.05) is 128 Å². The molecule has 1 heterocycles. The van der Waals surface area contributed by atoms with E-state index in [0.29, 0.717) is 5.92 Å². The van der Waals surface area contributed by atoms with Gasteiger partial charge in [-0.25, -0.2) is 9.97 Å². The summed E-state index contributed by atoms with van der Waals surface area (Å²) in [5, 5.41) is 0. The van der Waals surface area contributed by atoms with Gasteiger partial charge in [0.05, 0.1) is 0 Å². The van der Waals surface area contributed by atoms with Crippen LogP contribution in [0.25, 0.3) is 11.4 Å². The van der Waals surface area contributed by atoms with Crippen LogP contribution >= 0.6 is 0 Å². The summed E-state index contributed by atoms with van der Waals surface area (Å²) < 4.78 is 0. The summed E-state index contributed by atoms with van der Waals surface area (Å²) in [7, 11) is 0. The Morgan fingerprint density at radius 1 is 0.500 bits per heavy atom. The molecule has 0 bridgehead atoms. The Hall–Kier alpha value is -1.70. The van der Waals surface area contributed by atoms with E-state index in [2.05, 4.69) is 50.5 Å². The quantitative estimate of drug-likeness (QED) is 0.185. The lowest BCUT2D eigenvalue weighted by Crippen LogP contribution is -2.14. The van der Waals surface area contributed by atoms with Crippen molar-refractivity contribution in [1.82, 2.24) is 9.97 Å². The first-order chi connectivity index (χ1) is 19.8. The highest BCUT2D eigenvalue weighted by molar-refractivity contribution is 5.55. The second-order valence-electron chi connectivity index (χ2n) is 13.5. The van der Waals surface area contributed by atoms with E-state index in [4.69, 9.17) is 9.97 Å². The van der Waals surface area contributed by atoms with Crippen LogP contribution in [0.2, 0.25) is 0 Å². The van der Waals surface area contributed by atoms with E-state index in [1.807, 2.05) is 0 Å². The molecule has 0 radical (unpaired) electrons. The third kappa shape index (κ3) is 10.3. The molecule has 0 unspecified atom stereocenters. The Morgan fingerprint density at radius 3 is 1.43 bits per heavy atom. The molecule has 4 rings (SSSR count). The minimum atomic E-state index is 0.660. The number of nitrogens with zero attached hydrogens (tertiary/aromatic N) is 2. The molecule has 40 heavy (non-hydrogen) atoms. The van der Waals surface area contributed by atoms with Gasteiger partial charge in [0.25, 0.3) is 0 Å². The van der Waals surface area contributed by atoms with Crippen molar-refractivity contribution >= 4 is 0 Å². The SMILES string of the molecule is CCCCCCCCCC[C@H]1CC[C@H](c2cnc(-c3ccc([C@H]4CC[C@H](CCCCCC)CC4)cc3)nc2)CC1. The Bertz CT molecular complexity index is 902. The van der Waals surface area contributed by atoms with E-state index in [0.717, 1.165) is 29.1 Å². The molecular weight excluding hydrogens is 484 g/mol. The van der Waals surface area contributed by atoms with Gasteiger partial charge in [0.15, 0.2) is 5.82 Å². The van der Waals surface area contributed by atoms with E-state index in [1.165, 1.54) is 152 Å². The molecule has 2 aliphatic rings. The molecule has 0 aliphatic heterocycles. The molecule has 2 nitrogen and oxygen atoms in total. The van der Waals surface area contributed by atoms with Crippen LogP contribution in [0.4, 0.5) is 0 Å². The van der Waals surface area contributed by atoms with Crippen molar-refractivity contribution in [2.45, 2.75) is 167 Å². The summed E-state index contributed by atoms with van der Waals surface area (Å²) in [4.78, 5) is 9.64. The maximum absolute atomic E-state index is 4.82. The fourth-order valence-corrected chi connectivity index (χ4v) is 7.60. The minimum Gasteiger partial charge on any atom is -0.236 e. The van der Waals surface area contributed by atoms with Gasteiger partial charge in [0.1, 0.15) is 0 Å². The average molecular weight is 545 g/mol. The lowest BCUT2D eigenvalue weighted by molar-refractivity contribution is 0.301. The van der Waals surface area contributed by atoms with E-state index < -0.39 is 0 Å². The van der Waals surface area contributed by atoms with Gasteiger partial charge in [0, 0.05) is 18.0 Å². The topological polar surface area (TPSA) is 25.8 Å². The molecule has 222 valence electrons. The van der Waals surface area contributed by atoms with Crippen LogP contribution in [0.1, 0.15) is 178 Å².